The number of para-hydroxylation sites is 1. The second kappa shape index (κ2) is 8.23. The zero-order chi connectivity index (χ0) is 21.3. The van der Waals surface area contributed by atoms with Crippen LogP contribution < -0.4 is 11.2 Å². The summed E-state index contributed by atoms with van der Waals surface area (Å²) in [5.74, 6) is -0.167. The molecule has 156 valence electrons. The fourth-order valence-corrected chi connectivity index (χ4v) is 3.50. The zero-order valence-electron chi connectivity index (χ0n) is 16.9. The molecule has 30 heavy (non-hydrogen) atoms. The molecule has 0 amide bonds. The lowest BCUT2D eigenvalue weighted by molar-refractivity contribution is 0.0748. The third-order valence-electron chi connectivity index (χ3n) is 4.94. The molecule has 2 heterocycles. The normalized spacial score (nSPS) is 11.7. The number of hydrogen-bond acceptors (Lipinski definition) is 4. The average Bonchev–Trinajstić information content (AvgIpc) is 3.05. The number of ether oxygens (including phenoxy) is 1. The third-order valence-corrected chi connectivity index (χ3v) is 4.94. The minimum atomic E-state index is -0.420. The second-order valence-electron chi connectivity index (χ2n) is 7.41. The Labute approximate surface area is 171 Å². The Morgan fingerprint density at radius 3 is 2.57 bits per heavy atom. The first kappa shape index (κ1) is 20.0. The molecule has 0 aliphatic rings. The number of aromatic nitrogens is 4. The number of fused-ring (bicyclic) bond motifs is 3. The van der Waals surface area contributed by atoms with E-state index in [1.165, 1.54) is 19.7 Å². The predicted octanol–water partition coefficient (Wildman–Crippen LogP) is 2.81. The molecule has 4 aromatic rings. The van der Waals surface area contributed by atoms with Gasteiger partial charge in [0.2, 0.25) is 5.78 Å². The van der Waals surface area contributed by atoms with Gasteiger partial charge in [0, 0.05) is 18.7 Å². The summed E-state index contributed by atoms with van der Waals surface area (Å²) in [5.41, 5.74) is 0.200. The topological polar surface area (TPSA) is 70.5 Å². The van der Waals surface area contributed by atoms with Crippen molar-refractivity contribution in [2.24, 2.45) is 0 Å². The van der Waals surface area contributed by atoms with E-state index in [2.05, 4.69) is 5.10 Å². The third kappa shape index (κ3) is 3.66. The van der Waals surface area contributed by atoms with Crippen LogP contribution in [0.15, 0.2) is 58.1 Å². The summed E-state index contributed by atoms with van der Waals surface area (Å²) in [6, 6.07) is 13.2. The zero-order valence-corrected chi connectivity index (χ0v) is 16.9. The molecule has 0 aliphatic heterocycles. The van der Waals surface area contributed by atoms with Crippen LogP contribution in [-0.4, -0.2) is 31.5 Å². The molecule has 0 unspecified atom stereocenters. The largest absolute Gasteiger partial charge is 0.379 e. The summed E-state index contributed by atoms with van der Waals surface area (Å²) in [4.78, 5) is 26.2. The molecule has 0 radical (unpaired) electrons. The molecule has 0 spiro atoms. The maximum Gasteiger partial charge on any atom is 0.352 e. The number of nitrogens with zero attached hydrogens (tertiary/aromatic N) is 4. The van der Waals surface area contributed by atoms with E-state index in [9.17, 15) is 14.0 Å². The molecule has 0 atom stereocenters. The van der Waals surface area contributed by atoms with Crippen LogP contribution in [0.3, 0.4) is 0 Å². The van der Waals surface area contributed by atoms with E-state index in [-0.39, 0.29) is 24.0 Å². The first-order valence-electron chi connectivity index (χ1n) is 9.93. The quantitative estimate of drug-likeness (QED) is 0.439. The Kier molecular flexibility index (Phi) is 5.50. The van der Waals surface area contributed by atoms with Crippen LogP contribution in [-0.2, 0) is 17.8 Å². The molecule has 2 aromatic heterocycles. The Bertz CT molecular complexity index is 1320. The molecule has 0 bridgehead atoms. The molecular formula is C22H23FN4O3. The standard InChI is InChI=1S/C22H23FN4O3/c1-15(2)30-13-7-12-25-20(28)17-9-4-6-11-19(17)27-21(25)24-26(22(27)29)14-16-8-3-5-10-18(16)23/h3-6,8-11,15H,7,12-14H2,1-2H3. The summed E-state index contributed by atoms with van der Waals surface area (Å²) < 4.78 is 23.8. The fourth-order valence-electron chi connectivity index (χ4n) is 3.50. The van der Waals surface area contributed by atoms with E-state index in [1.807, 2.05) is 13.8 Å². The van der Waals surface area contributed by atoms with Crippen LogP contribution in [0.5, 0.6) is 0 Å². The molecular weight excluding hydrogens is 387 g/mol. The van der Waals surface area contributed by atoms with Crippen molar-refractivity contribution < 1.29 is 9.13 Å². The second-order valence-corrected chi connectivity index (χ2v) is 7.41. The number of aryl methyl sites for hydroxylation is 1. The molecule has 4 rings (SSSR count). The molecule has 0 saturated heterocycles. The predicted molar refractivity (Wildman–Crippen MR) is 112 cm³/mol. The molecule has 7 nitrogen and oxygen atoms in total. The lowest BCUT2D eigenvalue weighted by Crippen LogP contribution is -2.27. The van der Waals surface area contributed by atoms with Gasteiger partial charge in [-0.1, -0.05) is 30.3 Å². The summed E-state index contributed by atoms with van der Waals surface area (Å²) in [7, 11) is 0. The first-order chi connectivity index (χ1) is 14.5. The van der Waals surface area contributed by atoms with Crippen LogP contribution in [0.2, 0.25) is 0 Å². The van der Waals surface area contributed by atoms with Gasteiger partial charge >= 0.3 is 5.69 Å². The molecule has 0 aliphatic carbocycles. The summed E-state index contributed by atoms with van der Waals surface area (Å²) in [6.45, 7) is 4.72. The maximum absolute atomic E-state index is 14.1. The van der Waals surface area contributed by atoms with Gasteiger partial charge in [-0.2, -0.15) is 0 Å². The van der Waals surface area contributed by atoms with Crippen molar-refractivity contribution in [1.82, 2.24) is 18.7 Å². The number of benzene rings is 2. The van der Waals surface area contributed by atoms with Crippen LogP contribution in [0.25, 0.3) is 16.7 Å². The molecule has 2 aromatic carbocycles. The summed E-state index contributed by atoms with van der Waals surface area (Å²) >= 11 is 0. The highest BCUT2D eigenvalue weighted by Crippen LogP contribution is 2.13. The van der Waals surface area contributed by atoms with Crippen LogP contribution >= 0.6 is 0 Å². The van der Waals surface area contributed by atoms with Gasteiger partial charge in [-0.3, -0.25) is 9.36 Å². The number of rotatable bonds is 7. The monoisotopic (exact) mass is 410 g/mol. The van der Waals surface area contributed by atoms with E-state index in [4.69, 9.17) is 4.74 Å². The molecule has 0 saturated carbocycles. The highest BCUT2D eigenvalue weighted by Gasteiger charge is 2.18. The van der Waals surface area contributed by atoms with Gasteiger partial charge in [0.1, 0.15) is 5.82 Å². The highest BCUT2D eigenvalue weighted by molar-refractivity contribution is 5.79. The van der Waals surface area contributed by atoms with Gasteiger partial charge in [0.05, 0.1) is 23.6 Å². The lowest BCUT2D eigenvalue weighted by Gasteiger charge is -2.11. The van der Waals surface area contributed by atoms with Crippen LogP contribution in [0.4, 0.5) is 4.39 Å². The SMILES string of the molecule is CC(C)OCCCn1c(=O)c2ccccc2n2c(=O)n(Cc3ccccc3F)nc12. The average molecular weight is 410 g/mol. The van der Waals surface area contributed by atoms with Crippen LogP contribution in [0, 0.1) is 5.82 Å². The van der Waals surface area contributed by atoms with Crippen molar-refractivity contribution in [2.75, 3.05) is 6.61 Å². The maximum atomic E-state index is 14.1. The lowest BCUT2D eigenvalue weighted by atomic mass is 10.2. The van der Waals surface area contributed by atoms with E-state index < -0.39 is 11.5 Å². The smallest absolute Gasteiger partial charge is 0.352 e. The molecule has 0 fully saturated rings. The van der Waals surface area contributed by atoms with Crippen molar-refractivity contribution in [2.45, 2.75) is 39.5 Å². The van der Waals surface area contributed by atoms with Gasteiger partial charge in [0.15, 0.2) is 0 Å². The Balaban J connectivity index is 1.85. The van der Waals surface area contributed by atoms with E-state index in [0.29, 0.717) is 36.0 Å². The van der Waals surface area contributed by atoms with Gasteiger partial charge in [-0.15, -0.1) is 5.10 Å². The number of halogens is 1. The number of hydrogen-bond donors (Lipinski definition) is 0. The Morgan fingerprint density at radius 1 is 1.07 bits per heavy atom. The van der Waals surface area contributed by atoms with Gasteiger partial charge < -0.3 is 4.74 Å². The van der Waals surface area contributed by atoms with Crippen molar-refractivity contribution in [1.29, 1.82) is 0 Å². The molecule has 8 heteroatoms. The van der Waals surface area contributed by atoms with Gasteiger partial charge in [-0.25, -0.2) is 18.3 Å². The van der Waals surface area contributed by atoms with E-state index in [0.717, 1.165) is 0 Å². The van der Waals surface area contributed by atoms with Crippen molar-refractivity contribution >= 4 is 16.7 Å². The fraction of sp³-hybridized carbons (Fsp3) is 0.318. The highest BCUT2D eigenvalue weighted by atomic mass is 19.1. The Hall–Kier alpha value is -3.26. The summed E-state index contributed by atoms with van der Waals surface area (Å²) in [5, 5.41) is 4.83. The summed E-state index contributed by atoms with van der Waals surface area (Å²) in [6.07, 6.45) is 0.696. The van der Waals surface area contributed by atoms with E-state index in [1.54, 1.807) is 42.5 Å². The minimum absolute atomic E-state index is 0.0217. The van der Waals surface area contributed by atoms with Crippen molar-refractivity contribution in [3.63, 3.8) is 0 Å². The minimum Gasteiger partial charge on any atom is -0.379 e. The van der Waals surface area contributed by atoms with Crippen molar-refractivity contribution in [3.8, 4) is 0 Å². The van der Waals surface area contributed by atoms with Crippen molar-refractivity contribution in [3.05, 3.63) is 80.7 Å². The Morgan fingerprint density at radius 2 is 1.80 bits per heavy atom. The first-order valence-corrected chi connectivity index (χ1v) is 9.93. The van der Waals surface area contributed by atoms with Gasteiger partial charge in [-0.05, 0) is 38.5 Å². The van der Waals surface area contributed by atoms with E-state index >= 15 is 0 Å². The molecule has 0 N–H and O–H groups in total. The van der Waals surface area contributed by atoms with Crippen LogP contribution in [0.1, 0.15) is 25.8 Å². The van der Waals surface area contributed by atoms with Gasteiger partial charge in [0.25, 0.3) is 5.56 Å².